The summed E-state index contributed by atoms with van der Waals surface area (Å²) < 4.78 is 17.4. The Morgan fingerprint density at radius 3 is 2.77 bits per heavy atom. The van der Waals surface area contributed by atoms with Gasteiger partial charge in [-0.15, -0.1) is 11.3 Å². The fourth-order valence-electron chi connectivity index (χ4n) is 4.54. The summed E-state index contributed by atoms with van der Waals surface area (Å²) in [6, 6.07) is 5.94. The Kier molecular flexibility index (Phi) is 6.79. The Balaban J connectivity index is 1.26. The number of benzene rings is 1. The van der Waals surface area contributed by atoms with Gasteiger partial charge in [0.2, 0.25) is 0 Å². The van der Waals surface area contributed by atoms with E-state index in [4.69, 9.17) is 14.2 Å². The van der Waals surface area contributed by atoms with Crippen LogP contribution in [0.5, 0.6) is 11.5 Å². The molecule has 3 heterocycles. The number of ether oxygens (including phenoxy) is 3. The van der Waals surface area contributed by atoms with Crippen molar-refractivity contribution in [3.05, 3.63) is 39.8 Å². The van der Waals surface area contributed by atoms with Gasteiger partial charge in [0.15, 0.2) is 0 Å². The number of methoxy groups -OCH3 is 2. The number of aryl methyl sites for hydroxylation is 1. The molecule has 1 N–H and O–H groups in total. The molecule has 168 valence electrons. The molecule has 1 atom stereocenters. The SMILES string of the molecule is COc1ccc(OC)c(CN2CCC3(CCC(CNC(=O)c4csc(C)n4)O3)CC2)c1. The predicted octanol–water partition coefficient (Wildman–Crippen LogP) is 3.41. The van der Waals surface area contributed by atoms with Crippen LogP contribution in [0.25, 0.3) is 0 Å². The van der Waals surface area contributed by atoms with E-state index in [9.17, 15) is 4.79 Å². The van der Waals surface area contributed by atoms with Crippen LogP contribution in [0.2, 0.25) is 0 Å². The van der Waals surface area contributed by atoms with Crippen molar-refractivity contribution in [2.45, 2.75) is 50.9 Å². The Bertz CT molecular complexity index is 908. The number of rotatable bonds is 7. The van der Waals surface area contributed by atoms with E-state index in [1.54, 1.807) is 19.6 Å². The zero-order chi connectivity index (χ0) is 21.8. The maximum Gasteiger partial charge on any atom is 0.270 e. The molecule has 1 spiro atoms. The van der Waals surface area contributed by atoms with Gasteiger partial charge in [-0.3, -0.25) is 9.69 Å². The summed E-state index contributed by atoms with van der Waals surface area (Å²) in [5, 5.41) is 5.69. The van der Waals surface area contributed by atoms with Crippen LogP contribution in [-0.4, -0.2) is 61.3 Å². The Morgan fingerprint density at radius 1 is 1.29 bits per heavy atom. The lowest BCUT2D eigenvalue weighted by atomic mass is 9.88. The molecule has 2 fully saturated rings. The molecule has 1 amide bonds. The molecule has 2 aliphatic rings. The number of carbonyl (C=O) groups is 1. The molecule has 0 bridgehead atoms. The minimum absolute atomic E-state index is 0.0540. The van der Waals surface area contributed by atoms with Gasteiger partial charge in [0, 0.05) is 37.1 Å². The lowest BCUT2D eigenvalue weighted by molar-refractivity contribution is -0.0765. The lowest BCUT2D eigenvalue weighted by Gasteiger charge is -2.39. The zero-order valence-electron chi connectivity index (χ0n) is 18.5. The molecule has 0 radical (unpaired) electrons. The van der Waals surface area contributed by atoms with E-state index >= 15 is 0 Å². The standard InChI is InChI=1S/C23H31N3O4S/c1-16-25-20(15-31-16)22(27)24-13-19-6-7-23(30-19)8-10-26(11-9-23)14-17-12-18(28-2)4-5-21(17)29-3/h4-5,12,15,19H,6-11,13-14H2,1-3H3,(H,24,27). The van der Waals surface area contributed by atoms with Crippen LogP contribution in [0.3, 0.4) is 0 Å². The Hall–Kier alpha value is -2.16. The normalized spacial score (nSPS) is 20.7. The molecule has 2 aromatic rings. The molecule has 7 nitrogen and oxygen atoms in total. The zero-order valence-corrected chi connectivity index (χ0v) is 19.3. The maximum atomic E-state index is 12.2. The van der Waals surface area contributed by atoms with Crippen molar-refractivity contribution < 1.29 is 19.0 Å². The summed E-state index contributed by atoms with van der Waals surface area (Å²) in [4.78, 5) is 18.9. The van der Waals surface area contributed by atoms with E-state index in [-0.39, 0.29) is 17.6 Å². The van der Waals surface area contributed by atoms with Crippen LogP contribution in [0, 0.1) is 6.92 Å². The van der Waals surface area contributed by atoms with Crippen molar-refractivity contribution in [1.29, 1.82) is 0 Å². The summed E-state index contributed by atoms with van der Waals surface area (Å²) in [6.45, 7) is 5.25. The van der Waals surface area contributed by atoms with Crippen LogP contribution in [0.15, 0.2) is 23.6 Å². The average Bonchev–Trinajstić information content (AvgIpc) is 3.40. The Morgan fingerprint density at radius 2 is 2.10 bits per heavy atom. The second kappa shape index (κ2) is 9.54. The second-order valence-electron chi connectivity index (χ2n) is 8.38. The molecule has 4 rings (SSSR count). The molecule has 0 saturated carbocycles. The third-order valence-corrected chi connectivity index (χ3v) is 7.10. The minimum atomic E-state index is -0.115. The van der Waals surface area contributed by atoms with Gasteiger partial charge in [0.25, 0.3) is 5.91 Å². The lowest BCUT2D eigenvalue weighted by Crippen LogP contribution is -2.44. The minimum Gasteiger partial charge on any atom is -0.497 e. The fraction of sp³-hybridized carbons (Fsp3) is 0.565. The van der Waals surface area contributed by atoms with Crippen molar-refractivity contribution in [2.24, 2.45) is 0 Å². The van der Waals surface area contributed by atoms with Gasteiger partial charge >= 0.3 is 0 Å². The van der Waals surface area contributed by atoms with E-state index in [0.717, 1.165) is 67.4 Å². The average molecular weight is 446 g/mol. The van der Waals surface area contributed by atoms with Crippen LogP contribution in [0.1, 0.15) is 46.7 Å². The highest BCUT2D eigenvalue weighted by atomic mass is 32.1. The number of hydrogen-bond acceptors (Lipinski definition) is 7. The predicted molar refractivity (Wildman–Crippen MR) is 120 cm³/mol. The van der Waals surface area contributed by atoms with Gasteiger partial charge in [0.05, 0.1) is 30.9 Å². The highest BCUT2D eigenvalue weighted by molar-refractivity contribution is 7.09. The van der Waals surface area contributed by atoms with Gasteiger partial charge < -0.3 is 19.5 Å². The topological polar surface area (TPSA) is 72.9 Å². The van der Waals surface area contributed by atoms with Crippen LogP contribution >= 0.6 is 11.3 Å². The Labute approximate surface area is 187 Å². The maximum absolute atomic E-state index is 12.2. The molecular weight excluding hydrogens is 414 g/mol. The van der Waals surface area contributed by atoms with Gasteiger partial charge in [-0.2, -0.15) is 0 Å². The van der Waals surface area contributed by atoms with E-state index in [1.165, 1.54) is 11.3 Å². The number of amides is 1. The van der Waals surface area contributed by atoms with Crippen molar-refractivity contribution in [1.82, 2.24) is 15.2 Å². The van der Waals surface area contributed by atoms with Crippen molar-refractivity contribution in [3.63, 3.8) is 0 Å². The summed E-state index contributed by atoms with van der Waals surface area (Å²) in [6.07, 6.45) is 4.14. The van der Waals surface area contributed by atoms with Crippen LogP contribution in [-0.2, 0) is 11.3 Å². The third kappa shape index (κ3) is 5.19. The van der Waals surface area contributed by atoms with Gasteiger partial charge in [-0.25, -0.2) is 4.98 Å². The fourth-order valence-corrected chi connectivity index (χ4v) is 5.13. The van der Waals surface area contributed by atoms with E-state index < -0.39 is 0 Å². The number of carbonyl (C=O) groups excluding carboxylic acids is 1. The first-order valence-corrected chi connectivity index (χ1v) is 11.7. The monoisotopic (exact) mass is 445 g/mol. The number of thiazole rings is 1. The summed E-state index contributed by atoms with van der Waals surface area (Å²) >= 11 is 1.49. The smallest absolute Gasteiger partial charge is 0.270 e. The van der Waals surface area contributed by atoms with E-state index in [1.807, 2.05) is 19.1 Å². The first-order chi connectivity index (χ1) is 15.0. The number of hydrogen-bond donors (Lipinski definition) is 1. The van der Waals surface area contributed by atoms with Crippen LogP contribution in [0.4, 0.5) is 0 Å². The summed E-state index contributed by atoms with van der Waals surface area (Å²) in [5.74, 6) is 1.63. The van der Waals surface area contributed by atoms with Gasteiger partial charge in [0.1, 0.15) is 17.2 Å². The molecule has 1 aromatic heterocycles. The number of nitrogens with one attached hydrogen (secondary N) is 1. The highest BCUT2D eigenvalue weighted by Gasteiger charge is 2.42. The molecule has 0 aliphatic carbocycles. The largest absolute Gasteiger partial charge is 0.497 e. The molecule has 1 aromatic carbocycles. The van der Waals surface area contributed by atoms with Gasteiger partial charge in [-0.05, 0) is 50.8 Å². The first-order valence-electron chi connectivity index (χ1n) is 10.8. The molecule has 2 saturated heterocycles. The van der Waals surface area contributed by atoms with Crippen molar-refractivity contribution >= 4 is 17.2 Å². The third-order valence-electron chi connectivity index (χ3n) is 6.33. The van der Waals surface area contributed by atoms with Crippen molar-refractivity contribution in [3.8, 4) is 11.5 Å². The second-order valence-corrected chi connectivity index (χ2v) is 9.44. The summed E-state index contributed by atoms with van der Waals surface area (Å²) in [7, 11) is 3.39. The number of aromatic nitrogens is 1. The van der Waals surface area contributed by atoms with Gasteiger partial charge in [-0.1, -0.05) is 0 Å². The molecule has 31 heavy (non-hydrogen) atoms. The first kappa shape index (κ1) is 22.0. The number of nitrogens with zero attached hydrogens (tertiary/aromatic N) is 2. The molecular formula is C23H31N3O4S. The molecule has 2 aliphatic heterocycles. The summed E-state index contributed by atoms with van der Waals surface area (Å²) in [5.41, 5.74) is 1.58. The molecule has 1 unspecified atom stereocenters. The van der Waals surface area contributed by atoms with Crippen LogP contribution < -0.4 is 14.8 Å². The molecule has 8 heteroatoms. The van der Waals surface area contributed by atoms with E-state index in [0.29, 0.717) is 12.2 Å². The highest BCUT2D eigenvalue weighted by Crippen LogP contribution is 2.39. The van der Waals surface area contributed by atoms with Crippen molar-refractivity contribution in [2.75, 3.05) is 33.9 Å². The number of piperidine rings is 1. The van der Waals surface area contributed by atoms with E-state index in [2.05, 4.69) is 21.3 Å². The number of likely N-dealkylation sites (tertiary alicyclic amines) is 1. The quantitative estimate of drug-likeness (QED) is 0.704.